The van der Waals surface area contributed by atoms with Crippen molar-refractivity contribution in [1.29, 1.82) is 0 Å². The second-order valence-electron chi connectivity index (χ2n) is 4.38. The van der Waals surface area contributed by atoms with E-state index in [1.165, 1.54) is 24.2 Å². The van der Waals surface area contributed by atoms with E-state index < -0.39 is 0 Å². The van der Waals surface area contributed by atoms with E-state index in [0.29, 0.717) is 13.2 Å². The van der Waals surface area contributed by atoms with Crippen LogP contribution in [-0.4, -0.2) is 37.6 Å². The van der Waals surface area contributed by atoms with Gasteiger partial charge in [0.2, 0.25) is 0 Å². The number of rotatable bonds is 6. The van der Waals surface area contributed by atoms with Crippen LogP contribution in [0.1, 0.15) is 23.2 Å². The van der Waals surface area contributed by atoms with Crippen LogP contribution in [0.15, 0.2) is 15.2 Å². The van der Waals surface area contributed by atoms with E-state index in [1.54, 1.807) is 4.90 Å². The molecule has 94 valence electrons. The molecule has 1 aliphatic rings. The predicted octanol–water partition coefficient (Wildman–Crippen LogP) is 3.01. The molecule has 1 fully saturated rings. The molecule has 0 N–H and O–H groups in total. The van der Waals surface area contributed by atoms with Crippen molar-refractivity contribution in [3.63, 3.8) is 0 Å². The first kappa shape index (κ1) is 13.1. The zero-order valence-corrected chi connectivity index (χ0v) is 12.2. The van der Waals surface area contributed by atoms with Crippen molar-refractivity contribution >= 4 is 33.2 Å². The summed E-state index contributed by atoms with van der Waals surface area (Å²) in [7, 11) is 1.81. The van der Waals surface area contributed by atoms with Gasteiger partial charge in [0.15, 0.2) is 0 Å². The van der Waals surface area contributed by atoms with Crippen molar-refractivity contribution < 1.29 is 9.53 Å². The number of nitrogens with zero attached hydrogens (tertiary/aromatic N) is 1. The van der Waals surface area contributed by atoms with Crippen LogP contribution in [-0.2, 0) is 4.74 Å². The van der Waals surface area contributed by atoms with Gasteiger partial charge in [-0.2, -0.15) is 0 Å². The van der Waals surface area contributed by atoms with Crippen LogP contribution in [0.5, 0.6) is 0 Å². The van der Waals surface area contributed by atoms with E-state index in [-0.39, 0.29) is 5.91 Å². The molecule has 0 radical (unpaired) electrons. The Hall–Kier alpha value is -0.390. The molecule has 17 heavy (non-hydrogen) atoms. The van der Waals surface area contributed by atoms with Gasteiger partial charge < -0.3 is 9.64 Å². The van der Waals surface area contributed by atoms with E-state index in [4.69, 9.17) is 4.74 Å². The van der Waals surface area contributed by atoms with Crippen molar-refractivity contribution in [3.05, 3.63) is 20.8 Å². The lowest BCUT2D eigenvalue weighted by Crippen LogP contribution is -2.30. The van der Waals surface area contributed by atoms with Crippen LogP contribution in [0.2, 0.25) is 0 Å². The molecule has 0 saturated heterocycles. The minimum Gasteiger partial charge on any atom is -0.379 e. The third-order valence-corrected chi connectivity index (χ3v) is 4.29. The van der Waals surface area contributed by atoms with Gasteiger partial charge >= 0.3 is 0 Å². The molecule has 0 unspecified atom stereocenters. The highest BCUT2D eigenvalue weighted by Crippen LogP contribution is 2.28. The van der Waals surface area contributed by atoms with E-state index in [2.05, 4.69) is 15.9 Å². The van der Waals surface area contributed by atoms with E-state index in [0.717, 1.165) is 21.9 Å². The number of carbonyl (C=O) groups excluding carboxylic acids is 1. The summed E-state index contributed by atoms with van der Waals surface area (Å²) in [6.45, 7) is 2.13. The SMILES string of the molecule is CN(CCOCC1CC1)C(=O)c1csc(Br)c1. The molecule has 1 heterocycles. The first-order valence-corrected chi connectivity index (χ1v) is 7.41. The lowest BCUT2D eigenvalue weighted by molar-refractivity contribution is 0.0681. The van der Waals surface area contributed by atoms with Crippen LogP contribution < -0.4 is 0 Å². The van der Waals surface area contributed by atoms with Crippen LogP contribution in [0.4, 0.5) is 0 Å². The Morgan fingerprint density at radius 3 is 3.00 bits per heavy atom. The Balaban J connectivity index is 1.70. The van der Waals surface area contributed by atoms with Crippen molar-refractivity contribution in [2.75, 3.05) is 26.8 Å². The van der Waals surface area contributed by atoms with Gasteiger partial charge in [-0.1, -0.05) is 0 Å². The quantitative estimate of drug-likeness (QED) is 0.755. The number of ether oxygens (including phenoxy) is 1. The topological polar surface area (TPSA) is 29.5 Å². The minimum absolute atomic E-state index is 0.0574. The van der Waals surface area contributed by atoms with Crippen LogP contribution in [0, 0.1) is 5.92 Å². The molecule has 1 aromatic heterocycles. The standard InChI is InChI=1S/C12H16BrNO2S/c1-14(4-5-16-7-9-2-3-9)12(15)10-6-11(13)17-8-10/h6,8-9H,2-5,7H2,1H3. The number of hydrogen-bond donors (Lipinski definition) is 0. The Kier molecular flexibility index (Phi) is 4.59. The maximum Gasteiger partial charge on any atom is 0.254 e. The average molecular weight is 318 g/mol. The van der Waals surface area contributed by atoms with Crippen molar-refractivity contribution in [2.45, 2.75) is 12.8 Å². The number of amides is 1. The zero-order chi connectivity index (χ0) is 12.3. The maximum atomic E-state index is 12.0. The summed E-state index contributed by atoms with van der Waals surface area (Å²) < 4.78 is 6.50. The molecule has 0 aromatic carbocycles. The summed E-state index contributed by atoms with van der Waals surface area (Å²) >= 11 is 4.89. The lowest BCUT2D eigenvalue weighted by atomic mass is 10.3. The molecule has 0 spiro atoms. The molecule has 3 nitrogen and oxygen atoms in total. The highest BCUT2D eigenvalue weighted by atomic mass is 79.9. The second kappa shape index (κ2) is 5.98. The summed E-state index contributed by atoms with van der Waals surface area (Å²) in [5.41, 5.74) is 0.742. The van der Waals surface area contributed by atoms with Crippen LogP contribution in [0.3, 0.4) is 0 Å². The average Bonchev–Trinajstić information content (AvgIpc) is 3.04. The van der Waals surface area contributed by atoms with Gasteiger partial charge in [0.05, 0.1) is 16.0 Å². The lowest BCUT2D eigenvalue weighted by Gasteiger charge is -2.16. The van der Waals surface area contributed by atoms with Crippen molar-refractivity contribution in [3.8, 4) is 0 Å². The number of likely N-dealkylation sites (N-methyl/N-ethyl adjacent to an activating group) is 1. The van der Waals surface area contributed by atoms with Gasteiger partial charge in [-0.05, 0) is 40.8 Å². The molecule has 5 heteroatoms. The number of carbonyl (C=O) groups is 1. The largest absolute Gasteiger partial charge is 0.379 e. The molecular weight excluding hydrogens is 302 g/mol. The molecular formula is C12H16BrNO2S. The minimum atomic E-state index is 0.0574. The first-order chi connectivity index (χ1) is 8.16. The molecule has 0 aliphatic heterocycles. The molecule has 1 saturated carbocycles. The maximum absolute atomic E-state index is 12.0. The van der Waals surface area contributed by atoms with Gasteiger partial charge in [0, 0.05) is 25.6 Å². The normalized spacial score (nSPS) is 14.9. The number of hydrogen-bond acceptors (Lipinski definition) is 3. The Morgan fingerprint density at radius 2 is 2.41 bits per heavy atom. The Morgan fingerprint density at radius 1 is 1.65 bits per heavy atom. The van der Waals surface area contributed by atoms with Crippen molar-refractivity contribution in [2.24, 2.45) is 5.92 Å². The molecule has 0 bridgehead atoms. The Bertz CT molecular complexity index is 390. The summed E-state index contributed by atoms with van der Waals surface area (Å²) in [5.74, 6) is 0.839. The van der Waals surface area contributed by atoms with Crippen LogP contribution in [0.25, 0.3) is 0 Å². The molecule has 1 aromatic rings. The molecule has 2 rings (SSSR count). The first-order valence-electron chi connectivity index (χ1n) is 5.74. The smallest absolute Gasteiger partial charge is 0.254 e. The van der Waals surface area contributed by atoms with Gasteiger partial charge in [0.25, 0.3) is 5.91 Å². The summed E-state index contributed by atoms with van der Waals surface area (Å²) in [5, 5.41) is 1.87. The molecule has 0 atom stereocenters. The number of thiophene rings is 1. The van der Waals surface area contributed by atoms with Gasteiger partial charge in [-0.15, -0.1) is 11.3 Å². The highest BCUT2D eigenvalue weighted by molar-refractivity contribution is 9.11. The second-order valence-corrected chi connectivity index (χ2v) is 6.67. The van der Waals surface area contributed by atoms with Gasteiger partial charge in [0.1, 0.15) is 0 Å². The summed E-state index contributed by atoms with van der Waals surface area (Å²) in [6, 6.07) is 1.86. The third kappa shape index (κ3) is 4.08. The fraction of sp³-hybridized carbons (Fsp3) is 0.583. The van der Waals surface area contributed by atoms with Gasteiger partial charge in [-0.25, -0.2) is 0 Å². The molecule has 1 aliphatic carbocycles. The number of halogens is 1. The monoisotopic (exact) mass is 317 g/mol. The predicted molar refractivity (Wildman–Crippen MR) is 72.5 cm³/mol. The highest BCUT2D eigenvalue weighted by Gasteiger charge is 2.21. The fourth-order valence-corrected chi connectivity index (χ4v) is 2.61. The van der Waals surface area contributed by atoms with E-state index in [1.807, 2.05) is 18.5 Å². The van der Waals surface area contributed by atoms with Crippen LogP contribution >= 0.6 is 27.3 Å². The fourth-order valence-electron chi connectivity index (χ4n) is 1.48. The Labute approximate surface area is 114 Å². The summed E-state index contributed by atoms with van der Waals surface area (Å²) in [4.78, 5) is 13.7. The van der Waals surface area contributed by atoms with E-state index >= 15 is 0 Å². The zero-order valence-electron chi connectivity index (χ0n) is 9.82. The van der Waals surface area contributed by atoms with Gasteiger partial charge in [-0.3, -0.25) is 4.79 Å². The van der Waals surface area contributed by atoms with Crippen molar-refractivity contribution in [1.82, 2.24) is 4.90 Å². The molecule has 1 amide bonds. The third-order valence-electron chi connectivity index (χ3n) is 2.78. The van der Waals surface area contributed by atoms with E-state index in [9.17, 15) is 4.79 Å². The summed E-state index contributed by atoms with van der Waals surface area (Å²) in [6.07, 6.45) is 2.61.